The number of amides is 2. The van der Waals surface area contributed by atoms with E-state index in [4.69, 9.17) is 16.3 Å². The third-order valence-corrected chi connectivity index (χ3v) is 7.03. The molecule has 208 valence electrons. The highest BCUT2D eigenvalue weighted by Crippen LogP contribution is 2.39. The van der Waals surface area contributed by atoms with Gasteiger partial charge >= 0.3 is 6.18 Å². The van der Waals surface area contributed by atoms with Crippen LogP contribution < -0.4 is 15.4 Å². The minimum atomic E-state index is -4.19. The van der Waals surface area contributed by atoms with Crippen LogP contribution in [-0.4, -0.2) is 34.1 Å². The average Bonchev–Trinajstić information content (AvgIpc) is 2.87. The third kappa shape index (κ3) is 6.98. The van der Waals surface area contributed by atoms with Crippen molar-refractivity contribution in [3.63, 3.8) is 0 Å². The number of benzene rings is 2. The van der Waals surface area contributed by atoms with E-state index in [1.807, 2.05) is 20.8 Å². The first-order chi connectivity index (χ1) is 18.3. The molecule has 1 aromatic heterocycles. The molecule has 7 nitrogen and oxygen atoms in total. The highest BCUT2D eigenvalue weighted by Gasteiger charge is 2.42. The first kappa shape index (κ1) is 28.6. The molecule has 0 spiro atoms. The number of hydrogen-bond donors (Lipinski definition) is 2. The van der Waals surface area contributed by atoms with Crippen LogP contribution in [0.15, 0.2) is 42.7 Å². The first-order valence-corrected chi connectivity index (χ1v) is 13.1. The van der Waals surface area contributed by atoms with Gasteiger partial charge in [0, 0.05) is 12.0 Å². The van der Waals surface area contributed by atoms with Crippen LogP contribution in [0.25, 0.3) is 10.9 Å². The topological polar surface area (TPSA) is 93.2 Å². The van der Waals surface area contributed by atoms with Crippen LogP contribution in [0.5, 0.6) is 5.88 Å². The normalized spacial score (nSPS) is 18.0. The van der Waals surface area contributed by atoms with E-state index < -0.39 is 23.4 Å². The van der Waals surface area contributed by atoms with E-state index in [1.54, 1.807) is 36.4 Å². The van der Waals surface area contributed by atoms with Crippen LogP contribution in [0.4, 0.5) is 18.9 Å². The van der Waals surface area contributed by atoms with Gasteiger partial charge in [0.05, 0.1) is 27.6 Å². The molecule has 11 heteroatoms. The Hall–Kier alpha value is -3.40. The second-order valence-electron chi connectivity index (χ2n) is 10.7. The summed E-state index contributed by atoms with van der Waals surface area (Å²) in [5, 5.41) is 6.45. The minimum Gasteiger partial charge on any atom is -0.474 e. The molecule has 2 N–H and O–H groups in total. The maximum Gasteiger partial charge on any atom is 0.391 e. The predicted octanol–water partition coefficient (Wildman–Crippen LogP) is 6.70. The van der Waals surface area contributed by atoms with Gasteiger partial charge in [0.2, 0.25) is 11.8 Å². The lowest BCUT2D eigenvalue weighted by atomic mass is 9.87. The standard InChI is InChI=1S/C28H30ClF3N4O3/c1-27(2,3)26(38)33-14-16-7-12-21(29)20(13-16)24(37)36-22-6-4-5-19-23(22)34-15-35-25(19)39-18-10-8-17(9-11-18)28(30,31)32/h4-7,12-13,15,17-18H,8-11,14H2,1-3H3,(H,33,38)(H,36,37). The summed E-state index contributed by atoms with van der Waals surface area (Å²) in [5.41, 5.74) is 1.20. The van der Waals surface area contributed by atoms with Crippen LogP contribution >= 0.6 is 11.6 Å². The third-order valence-electron chi connectivity index (χ3n) is 6.70. The van der Waals surface area contributed by atoms with Crippen LogP contribution in [0.1, 0.15) is 62.4 Å². The Balaban J connectivity index is 1.49. The molecule has 4 rings (SSSR count). The summed E-state index contributed by atoms with van der Waals surface area (Å²) in [6, 6.07) is 10.1. The van der Waals surface area contributed by atoms with Gasteiger partial charge in [-0.05, 0) is 55.5 Å². The van der Waals surface area contributed by atoms with E-state index in [0.717, 1.165) is 0 Å². The second kappa shape index (κ2) is 11.4. The van der Waals surface area contributed by atoms with Gasteiger partial charge in [0.1, 0.15) is 17.9 Å². The Morgan fingerprint density at radius 2 is 1.77 bits per heavy atom. The van der Waals surface area contributed by atoms with Crippen molar-refractivity contribution in [2.24, 2.45) is 11.3 Å². The number of rotatable bonds is 6. The number of nitrogens with one attached hydrogen (secondary N) is 2. The first-order valence-electron chi connectivity index (χ1n) is 12.7. The molecule has 1 saturated carbocycles. The number of hydrogen-bond acceptors (Lipinski definition) is 5. The van der Waals surface area contributed by atoms with E-state index in [0.29, 0.717) is 22.2 Å². The molecule has 0 radical (unpaired) electrons. The monoisotopic (exact) mass is 562 g/mol. The van der Waals surface area contributed by atoms with Crippen molar-refractivity contribution in [3.05, 3.63) is 58.9 Å². The largest absolute Gasteiger partial charge is 0.474 e. The molecule has 1 aliphatic carbocycles. The molecule has 0 aliphatic heterocycles. The fraction of sp³-hybridized carbons (Fsp3) is 0.429. The van der Waals surface area contributed by atoms with Crippen LogP contribution in [0, 0.1) is 11.3 Å². The molecule has 1 fully saturated rings. The lowest BCUT2D eigenvalue weighted by molar-refractivity contribution is -0.185. The van der Waals surface area contributed by atoms with Gasteiger partial charge in [-0.25, -0.2) is 9.97 Å². The molecule has 0 saturated heterocycles. The highest BCUT2D eigenvalue weighted by molar-refractivity contribution is 6.34. The van der Waals surface area contributed by atoms with E-state index >= 15 is 0 Å². The van der Waals surface area contributed by atoms with Gasteiger partial charge in [0.25, 0.3) is 5.91 Å². The molecule has 0 atom stereocenters. The van der Waals surface area contributed by atoms with Crippen LogP contribution in [0.2, 0.25) is 5.02 Å². The molecule has 3 aromatic rings. The van der Waals surface area contributed by atoms with Gasteiger partial charge in [-0.2, -0.15) is 13.2 Å². The zero-order valence-electron chi connectivity index (χ0n) is 21.9. The summed E-state index contributed by atoms with van der Waals surface area (Å²) in [5.74, 6) is -1.64. The maximum atomic E-state index is 13.2. The Kier molecular flexibility index (Phi) is 8.34. The fourth-order valence-electron chi connectivity index (χ4n) is 4.42. The van der Waals surface area contributed by atoms with E-state index in [9.17, 15) is 22.8 Å². The van der Waals surface area contributed by atoms with Crippen molar-refractivity contribution in [2.75, 3.05) is 5.32 Å². The van der Waals surface area contributed by atoms with Gasteiger partial charge in [0.15, 0.2) is 0 Å². The minimum absolute atomic E-state index is 0.0121. The van der Waals surface area contributed by atoms with Crippen molar-refractivity contribution >= 4 is 40.0 Å². The van der Waals surface area contributed by atoms with Crippen molar-refractivity contribution in [1.29, 1.82) is 0 Å². The number of carbonyl (C=O) groups is 2. The molecule has 2 aromatic carbocycles. The Bertz CT molecular complexity index is 1370. The molecule has 39 heavy (non-hydrogen) atoms. The summed E-state index contributed by atoms with van der Waals surface area (Å²) in [4.78, 5) is 33.9. The number of carbonyl (C=O) groups excluding carboxylic acids is 2. The molecule has 1 heterocycles. The Labute approximate surface area is 229 Å². The molecular formula is C28H30ClF3N4O3. The quantitative estimate of drug-likeness (QED) is 0.349. The Morgan fingerprint density at radius 1 is 1.05 bits per heavy atom. The number of para-hydroxylation sites is 1. The zero-order chi connectivity index (χ0) is 28.4. The predicted molar refractivity (Wildman–Crippen MR) is 143 cm³/mol. The van der Waals surface area contributed by atoms with E-state index in [-0.39, 0.29) is 60.7 Å². The highest BCUT2D eigenvalue weighted by atomic mass is 35.5. The number of nitrogens with zero attached hydrogens (tertiary/aromatic N) is 2. The van der Waals surface area contributed by atoms with Gasteiger partial charge < -0.3 is 15.4 Å². The SMILES string of the molecule is CC(C)(C)C(=O)NCc1ccc(Cl)c(C(=O)Nc2cccc3c(OC4CCC(C(F)(F)F)CC4)ncnc23)c1. The number of fused-ring (bicyclic) bond motifs is 1. The van der Waals surface area contributed by atoms with Gasteiger partial charge in [-0.3, -0.25) is 9.59 Å². The zero-order valence-corrected chi connectivity index (χ0v) is 22.6. The Morgan fingerprint density at radius 3 is 2.44 bits per heavy atom. The van der Waals surface area contributed by atoms with Crippen molar-refractivity contribution in [1.82, 2.24) is 15.3 Å². The second-order valence-corrected chi connectivity index (χ2v) is 11.1. The summed E-state index contributed by atoms with van der Waals surface area (Å²) in [6.45, 7) is 5.67. The average molecular weight is 563 g/mol. The summed E-state index contributed by atoms with van der Waals surface area (Å²) in [7, 11) is 0. The van der Waals surface area contributed by atoms with Gasteiger partial charge in [-0.15, -0.1) is 0 Å². The van der Waals surface area contributed by atoms with Crippen LogP contribution in [0.3, 0.4) is 0 Å². The molecule has 0 unspecified atom stereocenters. The van der Waals surface area contributed by atoms with E-state index in [1.165, 1.54) is 6.33 Å². The molecule has 2 amide bonds. The number of anilines is 1. The molecule has 1 aliphatic rings. The van der Waals surface area contributed by atoms with Crippen molar-refractivity contribution in [3.8, 4) is 5.88 Å². The van der Waals surface area contributed by atoms with Crippen molar-refractivity contribution in [2.45, 2.75) is 65.3 Å². The lowest BCUT2D eigenvalue weighted by Crippen LogP contribution is -2.34. The molecular weight excluding hydrogens is 533 g/mol. The number of halogens is 4. The smallest absolute Gasteiger partial charge is 0.391 e. The van der Waals surface area contributed by atoms with Crippen LogP contribution in [-0.2, 0) is 11.3 Å². The summed E-state index contributed by atoms with van der Waals surface area (Å²) in [6.07, 6.45) is -2.71. The number of ether oxygens (including phenoxy) is 1. The van der Waals surface area contributed by atoms with Gasteiger partial charge in [-0.1, -0.05) is 44.5 Å². The summed E-state index contributed by atoms with van der Waals surface area (Å²) < 4.78 is 45.0. The fourth-order valence-corrected chi connectivity index (χ4v) is 4.62. The molecule has 0 bridgehead atoms. The number of aromatic nitrogens is 2. The van der Waals surface area contributed by atoms with Crippen molar-refractivity contribution < 1.29 is 27.5 Å². The lowest BCUT2D eigenvalue weighted by Gasteiger charge is -2.30. The summed E-state index contributed by atoms with van der Waals surface area (Å²) >= 11 is 6.32. The maximum absolute atomic E-state index is 13.2. The number of alkyl halides is 3. The van der Waals surface area contributed by atoms with E-state index in [2.05, 4.69) is 20.6 Å².